The van der Waals surface area contributed by atoms with Crippen molar-refractivity contribution in [2.24, 2.45) is 0 Å². The topological polar surface area (TPSA) is 80.6 Å². The molecule has 0 aliphatic carbocycles. The second-order valence-corrected chi connectivity index (χ2v) is 5.69. The highest BCUT2D eigenvalue weighted by atomic mass is 16.4. The minimum atomic E-state index is -0.787. The van der Waals surface area contributed by atoms with Crippen molar-refractivity contribution in [2.45, 2.75) is 40.7 Å². The van der Waals surface area contributed by atoms with Crippen molar-refractivity contribution >= 4 is 27.7 Å². The van der Waals surface area contributed by atoms with E-state index in [9.17, 15) is 9.59 Å². The van der Waals surface area contributed by atoms with E-state index in [0.717, 1.165) is 33.2 Å². The van der Waals surface area contributed by atoms with Crippen molar-refractivity contribution < 1.29 is 18.7 Å². The molecule has 5 heteroatoms. The van der Waals surface area contributed by atoms with Gasteiger partial charge in [0.05, 0.1) is 0 Å². The Morgan fingerprint density at radius 1 is 1.09 bits per heavy atom. The molecule has 23 heavy (non-hydrogen) atoms. The number of benzene rings is 1. The first-order chi connectivity index (χ1) is 10.7. The normalized spacial score (nSPS) is 12.1. The first-order valence-electron chi connectivity index (χ1n) is 7.33. The summed E-state index contributed by atoms with van der Waals surface area (Å²) in [6.45, 7) is 8.54. The third-order valence-corrected chi connectivity index (χ3v) is 3.66. The summed E-state index contributed by atoms with van der Waals surface area (Å²) in [7, 11) is 0. The molecule has 122 valence electrons. The van der Waals surface area contributed by atoms with E-state index >= 15 is 0 Å². The Bertz CT molecular complexity index is 928. The number of ketones is 1. The van der Waals surface area contributed by atoms with Gasteiger partial charge in [-0.2, -0.15) is 0 Å². The largest absolute Gasteiger partial charge is 0.461 e. The summed E-state index contributed by atoms with van der Waals surface area (Å²) >= 11 is 0. The van der Waals surface area contributed by atoms with Gasteiger partial charge in [0.15, 0.2) is 5.78 Å². The van der Waals surface area contributed by atoms with E-state index in [0.29, 0.717) is 5.58 Å². The average Bonchev–Trinajstić information content (AvgIpc) is 2.82. The molecular formula is C18H20O5. The van der Waals surface area contributed by atoms with Crippen LogP contribution in [0.1, 0.15) is 30.7 Å². The highest BCUT2D eigenvalue weighted by molar-refractivity contribution is 5.98. The Kier molecular flexibility index (Phi) is 4.71. The minimum absolute atomic E-state index is 0.185. The van der Waals surface area contributed by atoms with Crippen molar-refractivity contribution in [1.29, 1.82) is 0 Å². The van der Waals surface area contributed by atoms with Gasteiger partial charge in [-0.1, -0.05) is 0 Å². The number of carbonyl (C=O) groups excluding carboxylic acids is 1. The number of Topliss-reactive ketones (excluding diaryl/α,β-unsaturated/α-hetero) is 1. The maximum atomic E-state index is 11.4. The molecule has 0 spiro atoms. The van der Waals surface area contributed by atoms with Crippen LogP contribution in [0.25, 0.3) is 21.9 Å². The molecule has 2 aromatic heterocycles. The highest BCUT2D eigenvalue weighted by Gasteiger charge is 2.12. The second kappa shape index (κ2) is 6.38. The fraction of sp³-hybridized carbons (Fsp3) is 0.333. The Morgan fingerprint density at radius 3 is 2.26 bits per heavy atom. The molecule has 0 bridgehead atoms. The predicted molar refractivity (Wildman–Crippen MR) is 88.8 cm³/mol. The number of carbonyl (C=O) groups is 1. The monoisotopic (exact) mass is 316 g/mol. The third-order valence-electron chi connectivity index (χ3n) is 3.66. The lowest BCUT2D eigenvalue weighted by molar-refractivity contribution is -0.124. The van der Waals surface area contributed by atoms with Crippen LogP contribution in [0.5, 0.6) is 0 Å². The zero-order valence-corrected chi connectivity index (χ0v) is 13.9. The molecule has 0 saturated heterocycles. The summed E-state index contributed by atoms with van der Waals surface area (Å²) < 4.78 is 10.9. The Hall–Kier alpha value is -2.40. The van der Waals surface area contributed by atoms with Crippen LogP contribution in [0.4, 0.5) is 0 Å². The average molecular weight is 316 g/mol. The van der Waals surface area contributed by atoms with E-state index in [1.807, 2.05) is 32.9 Å². The molecule has 1 aromatic carbocycles. The van der Waals surface area contributed by atoms with E-state index in [1.54, 1.807) is 0 Å². The van der Waals surface area contributed by atoms with Gasteiger partial charge in [0.25, 0.3) is 0 Å². The molecule has 2 heterocycles. The van der Waals surface area contributed by atoms with Crippen molar-refractivity contribution in [3.05, 3.63) is 45.5 Å². The van der Waals surface area contributed by atoms with Gasteiger partial charge in [-0.3, -0.25) is 4.79 Å². The zero-order valence-electron chi connectivity index (χ0n) is 13.9. The number of aliphatic hydroxyl groups is 1. The molecule has 0 fully saturated rings. The highest BCUT2D eigenvalue weighted by Crippen LogP contribution is 2.30. The summed E-state index contributed by atoms with van der Waals surface area (Å²) in [5, 5.41) is 10.3. The van der Waals surface area contributed by atoms with E-state index in [-0.39, 0.29) is 11.4 Å². The Morgan fingerprint density at radius 2 is 1.70 bits per heavy atom. The van der Waals surface area contributed by atoms with Crippen molar-refractivity contribution in [2.75, 3.05) is 0 Å². The molecule has 0 aliphatic rings. The summed E-state index contributed by atoms with van der Waals surface area (Å²) in [5.41, 5.74) is 2.91. The standard InChI is InChI=1S/C14H12O3.C4H8O2/c1-7-4-12(15)17-14-9(3)13-10(6-11(7)14)5-8(2)16-13;1-3(5)4(2)6/h4-6H,1-3H3;3,5H,1-2H3. The lowest BCUT2D eigenvalue weighted by atomic mass is 10.1. The maximum Gasteiger partial charge on any atom is 0.336 e. The van der Waals surface area contributed by atoms with Crippen LogP contribution in [0.15, 0.2) is 31.8 Å². The van der Waals surface area contributed by atoms with Crippen molar-refractivity contribution in [1.82, 2.24) is 0 Å². The molecule has 1 unspecified atom stereocenters. The number of rotatable bonds is 1. The number of furan rings is 1. The lowest BCUT2D eigenvalue weighted by Crippen LogP contribution is -2.10. The lowest BCUT2D eigenvalue weighted by Gasteiger charge is -2.03. The summed E-state index contributed by atoms with van der Waals surface area (Å²) in [6.07, 6.45) is -0.787. The van der Waals surface area contributed by atoms with Crippen molar-refractivity contribution in [3.63, 3.8) is 0 Å². The van der Waals surface area contributed by atoms with Crippen LogP contribution >= 0.6 is 0 Å². The van der Waals surface area contributed by atoms with E-state index in [1.165, 1.54) is 19.9 Å². The van der Waals surface area contributed by atoms with Crippen molar-refractivity contribution in [3.8, 4) is 0 Å². The quantitative estimate of drug-likeness (QED) is 0.696. The molecule has 0 amide bonds. The summed E-state index contributed by atoms with van der Waals surface area (Å²) in [4.78, 5) is 21.3. The fourth-order valence-electron chi connectivity index (χ4n) is 2.27. The molecule has 3 aromatic rings. The number of aliphatic hydroxyl groups excluding tert-OH is 1. The smallest absolute Gasteiger partial charge is 0.336 e. The third kappa shape index (κ3) is 3.51. The number of hydrogen-bond donors (Lipinski definition) is 1. The SMILES string of the molecule is CC(=O)C(C)O.Cc1cc2cc3c(C)cc(=O)oc3c(C)c2o1. The van der Waals surface area contributed by atoms with Crippen LogP contribution in [0.3, 0.4) is 0 Å². The first kappa shape index (κ1) is 17.0. The van der Waals surface area contributed by atoms with E-state index in [2.05, 4.69) is 0 Å². The van der Waals surface area contributed by atoms with Crippen LogP contribution in [0.2, 0.25) is 0 Å². The fourth-order valence-corrected chi connectivity index (χ4v) is 2.27. The van der Waals surface area contributed by atoms with Crippen LogP contribution in [-0.2, 0) is 4.79 Å². The van der Waals surface area contributed by atoms with Crippen LogP contribution < -0.4 is 5.63 Å². The molecule has 5 nitrogen and oxygen atoms in total. The maximum absolute atomic E-state index is 11.4. The van der Waals surface area contributed by atoms with Gasteiger partial charge in [0.2, 0.25) is 0 Å². The second-order valence-electron chi connectivity index (χ2n) is 5.69. The van der Waals surface area contributed by atoms with Gasteiger partial charge < -0.3 is 13.9 Å². The summed E-state index contributed by atoms with van der Waals surface area (Å²) in [6, 6.07) is 5.51. The van der Waals surface area contributed by atoms with Gasteiger partial charge in [0, 0.05) is 22.4 Å². The number of aryl methyl sites for hydroxylation is 3. The molecule has 1 atom stereocenters. The molecule has 0 radical (unpaired) electrons. The van der Waals surface area contributed by atoms with Gasteiger partial charge in [-0.05, 0) is 52.3 Å². The minimum Gasteiger partial charge on any atom is -0.461 e. The zero-order chi connectivity index (χ0) is 17.3. The van der Waals surface area contributed by atoms with Crippen LogP contribution in [0, 0.1) is 20.8 Å². The van der Waals surface area contributed by atoms with Crippen LogP contribution in [-0.4, -0.2) is 17.0 Å². The van der Waals surface area contributed by atoms with E-state index < -0.39 is 6.10 Å². The Labute approximate surface area is 133 Å². The van der Waals surface area contributed by atoms with Gasteiger partial charge in [0.1, 0.15) is 23.0 Å². The molecule has 0 aliphatic heterocycles. The Balaban J connectivity index is 0.000000277. The molecule has 1 N–H and O–H groups in total. The molecule has 3 rings (SSSR count). The van der Waals surface area contributed by atoms with Gasteiger partial charge in [-0.15, -0.1) is 0 Å². The molecular weight excluding hydrogens is 296 g/mol. The number of hydrogen-bond acceptors (Lipinski definition) is 5. The molecule has 0 saturated carbocycles. The van der Waals surface area contributed by atoms with E-state index in [4.69, 9.17) is 13.9 Å². The van der Waals surface area contributed by atoms with Gasteiger partial charge in [-0.25, -0.2) is 4.79 Å². The summed E-state index contributed by atoms with van der Waals surface area (Å²) in [5.74, 6) is 0.674. The predicted octanol–water partition coefficient (Wildman–Crippen LogP) is 3.42. The first-order valence-corrected chi connectivity index (χ1v) is 7.33. The number of fused-ring (bicyclic) bond motifs is 2. The van der Waals surface area contributed by atoms with Gasteiger partial charge >= 0.3 is 5.63 Å².